The van der Waals surface area contributed by atoms with E-state index in [1.807, 2.05) is 12.1 Å². The van der Waals surface area contributed by atoms with Crippen molar-refractivity contribution in [3.63, 3.8) is 0 Å². The summed E-state index contributed by atoms with van der Waals surface area (Å²) in [5.41, 5.74) is 5.46. The topological polar surface area (TPSA) is 36.0 Å². The van der Waals surface area contributed by atoms with Crippen LogP contribution in [0.4, 0.5) is 0 Å². The Hall–Kier alpha value is -2.22. The van der Waals surface area contributed by atoms with Gasteiger partial charge in [0.25, 0.3) is 0 Å². The van der Waals surface area contributed by atoms with Crippen molar-refractivity contribution < 1.29 is 5.11 Å². The summed E-state index contributed by atoms with van der Waals surface area (Å²) in [6.07, 6.45) is 8.71. The number of aromatic amines is 1. The Bertz CT molecular complexity index is 819. The number of phenols is 1. The third-order valence-corrected chi connectivity index (χ3v) is 5.40. The van der Waals surface area contributed by atoms with Gasteiger partial charge in [-0.1, -0.05) is 36.8 Å². The normalized spacial score (nSPS) is 17.1. The third kappa shape index (κ3) is 3.06. The van der Waals surface area contributed by atoms with Gasteiger partial charge in [0.1, 0.15) is 5.75 Å². The molecule has 2 nitrogen and oxygen atoms in total. The van der Waals surface area contributed by atoms with Crippen LogP contribution in [0.15, 0.2) is 48.5 Å². The van der Waals surface area contributed by atoms with Crippen LogP contribution in [0.2, 0.25) is 0 Å². The number of rotatable bonds is 5. The molecule has 2 aromatic carbocycles. The van der Waals surface area contributed by atoms with Crippen LogP contribution in [0.5, 0.6) is 5.75 Å². The van der Waals surface area contributed by atoms with Gasteiger partial charge in [0.2, 0.25) is 0 Å². The number of nitrogens with one attached hydrogen (secondary N) is 1. The summed E-state index contributed by atoms with van der Waals surface area (Å²) in [5.74, 6) is 1.02. The average Bonchev–Trinajstić information content (AvgIpc) is 2.97. The molecule has 1 aromatic heterocycles. The molecule has 0 saturated heterocycles. The molecule has 124 valence electrons. The Morgan fingerprint density at radius 2 is 1.92 bits per heavy atom. The molecule has 1 atom stereocenters. The van der Waals surface area contributed by atoms with E-state index in [0.29, 0.717) is 11.7 Å². The van der Waals surface area contributed by atoms with Crippen LogP contribution in [0.25, 0.3) is 10.9 Å². The van der Waals surface area contributed by atoms with Gasteiger partial charge in [-0.25, -0.2) is 0 Å². The molecule has 0 bridgehead atoms. The lowest BCUT2D eigenvalue weighted by Crippen LogP contribution is -2.09. The maximum absolute atomic E-state index is 9.72. The van der Waals surface area contributed by atoms with Gasteiger partial charge < -0.3 is 10.1 Å². The molecule has 0 saturated carbocycles. The number of aryl methyl sites for hydroxylation is 2. The maximum Gasteiger partial charge on any atom is 0.117 e. The quantitative estimate of drug-likeness (QED) is 0.581. The van der Waals surface area contributed by atoms with Crippen molar-refractivity contribution in [2.75, 3.05) is 0 Å². The largest absolute Gasteiger partial charge is 0.508 e. The second-order valence-corrected chi connectivity index (χ2v) is 7.07. The molecule has 1 unspecified atom stereocenters. The predicted molar refractivity (Wildman–Crippen MR) is 99.6 cm³/mol. The first-order valence-corrected chi connectivity index (χ1v) is 9.18. The lowest BCUT2D eigenvalue weighted by Gasteiger charge is -2.23. The van der Waals surface area contributed by atoms with Crippen LogP contribution in [0, 0.1) is 0 Å². The zero-order valence-electron chi connectivity index (χ0n) is 14.1. The van der Waals surface area contributed by atoms with Crippen LogP contribution in [-0.4, -0.2) is 10.1 Å². The van der Waals surface area contributed by atoms with Crippen molar-refractivity contribution in [3.05, 3.63) is 65.4 Å². The number of aromatic nitrogens is 1. The lowest BCUT2D eigenvalue weighted by atomic mass is 9.82. The zero-order valence-corrected chi connectivity index (χ0v) is 14.1. The highest BCUT2D eigenvalue weighted by Gasteiger charge is 2.24. The van der Waals surface area contributed by atoms with Crippen LogP contribution in [0.3, 0.4) is 0 Å². The first-order valence-electron chi connectivity index (χ1n) is 9.18. The SMILES string of the molecule is Oc1ccc2c3c([nH]c2c1)CCCC3CCCCc1ccccc1. The molecule has 0 fully saturated rings. The molecule has 3 aromatic rings. The van der Waals surface area contributed by atoms with Gasteiger partial charge in [0, 0.05) is 22.7 Å². The Balaban J connectivity index is 1.45. The average molecular weight is 319 g/mol. The molecule has 1 heterocycles. The van der Waals surface area contributed by atoms with Gasteiger partial charge in [0.05, 0.1) is 0 Å². The van der Waals surface area contributed by atoms with Crippen molar-refractivity contribution in [2.45, 2.75) is 50.9 Å². The van der Waals surface area contributed by atoms with Crippen molar-refractivity contribution >= 4 is 10.9 Å². The standard InChI is InChI=1S/C22H25NO/c24-18-13-14-19-21(15-18)23-20-12-6-11-17(22(19)20)10-5-4-9-16-7-2-1-3-8-16/h1-3,7-8,13-15,17,23-24H,4-6,9-12H2. The number of hydrogen-bond donors (Lipinski definition) is 2. The lowest BCUT2D eigenvalue weighted by molar-refractivity contribution is 0.476. The number of unbranched alkanes of at least 4 members (excludes halogenated alkanes) is 1. The summed E-state index contributed by atoms with van der Waals surface area (Å²) in [6, 6.07) is 16.6. The number of phenolic OH excluding ortho intramolecular Hbond substituents is 1. The summed E-state index contributed by atoms with van der Waals surface area (Å²) in [4.78, 5) is 3.54. The summed E-state index contributed by atoms with van der Waals surface area (Å²) >= 11 is 0. The molecule has 2 N–H and O–H groups in total. The van der Waals surface area contributed by atoms with E-state index in [4.69, 9.17) is 0 Å². The first kappa shape index (κ1) is 15.3. The predicted octanol–water partition coefficient (Wildman–Crippen LogP) is 5.71. The molecular weight excluding hydrogens is 294 g/mol. The van der Waals surface area contributed by atoms with Crippen molar-refractivity contribution in [1.29, 1.82) is 0 Å². The molecule has 4 rings (SSSR count). The Labute approximate surface area is 143 Å². The van der Waals surface area contributed by atoms with Crippen LogP contribution in [0.1, 0.15) is 54.8 Å². The van der Waals surface area contributed by atoms with Crippen LogP contribution in [-0.2, 0) is 12.8 Å². The number of benzene rings is 2. The Morgan fingerprint density at radius 1 is 1.04 bits per heavy atom. The smallest absolute Gasteiger partial charge is 0.117 e. The Kier molecular flexibility index (Phi) is 4.29. The molecule has 24 heavy (non-hydrogen) atoms. The van der Waals surface area contributed by atoms with Gasteiger partial charge in [-0.2, -0.15) is 0 Å². The maximum atomic E-state index is 9.72. The van der Waals surface area contributed by atoms with Gasteiger partial charge in [-0.3, -0.25) is 0 Å². The van der Waals surface area contributed by atoms with Crippen molar-refractivity contribution in [3.8, 4) is 5.75 Å². The van der Waals surface area contributed by atoms with Gasteiger partial charge in [-0.15, -0.1) is 0 Å². The fraction of sp³-hybridized carbons (Fsp3) is 0.364. The molecular formula is C22H25NO. The van der Waals surface area contributed by atoms with Gasteiger partial charge in [-0.05, 0) is 67.7 Å². The van der Waals surface area contributed by atoms with E-state index in [2.05, 4.69) is 41.4 Å². The highest BCUT2D eigenvalue weighted by Crippen LogP contribution is 2.40. The number of aromatic hydroxyl groups is 1. The van der Waals surface area contributed by atoms with E-state index in [1.165, 1.54) is 60.7 Å². The van der Waals surface area contributed by atoms with E-state index < -0.39 is 0 Å². The minimum Gasteiger partial charge on any atom is -0.508 e. The highest BCUT2D eigenvalue weighted by atomic mass is 16.3. The molecule has 0 aliphatic heterocycles. The van der Waals surface area contributed by atoms with E-state index in [-0.39, 0.29) is 0 Å². The second-order valence-electron chi connectivity index (χ2n) is 7.07. The van der Waals surface area contributed by atoms with E-state index in [9.17, 15) is 5.11 Å². The summed E-state index contributed by atoms with van der Waals surface area (Å²) in [7, 11) is 0. The minimum atomic E-state index is 0.348. The van der Waals surface area contributed by atoms with Gasteiger partial charge >= 0.3 is 0 Å². The molecule has 1 aliphatic rings. The molecule has 1 aliphatic carbocycles. The van der Waals surface area contributed by atoms with Crippen LogP contribution >= 0.6 is 0 Å². The van der Waals surface area contributed by atoms with Crippen molar-refractivity contribution in [1.82, 2.24) is 4.98 Å². The van der Waals surface area contributed by atoms with Crippen LogP contribution < -0.4 is 0 Å². The monoisotopic (exact) mass is 319 g/mol. The Morgan fingerprint density at radius 3 is 2.79 bits per heavy atom. The number of H-pyrrole nitrogens is 1. The third-order valence-electron chi connectivity index (χ3n) is 5.40. The summed E-state index contributed by atoms with van der Waals surface area (Å²) < 4.78 is 0. The summed E-state index contributed by atoms with van der Waals surface area (Å²) in [5, 5.41) is 11.0. The fourth-order valence-corrected chi connectivity index (χ4v) is 4.25. The number of fused-ring (bicyclic) bond motifs is 3. The first-order chi connectivity index (χ1) is 11.8. The molecule has 0 amide bonds. The van der Waals surface area contributed by atoms with E-state index in [1.54, 1.807) is 0 Å². The minimum absolute atomic E-state index is 0.348. The van der Waals surface area contributed by atoms with E-state index >= 15 is 0 Å². The summed E-state index contributed by atoms with van der Waals surface area (Å²) in [6.45, 7) is 0. The van der Waals surface area contributed by atoms with Gasteiger partial charge in [0.15, 0.2) is 0 Å². The van der Waals surface area contributed by atoms with E-state index in [0.717, 1.165) is 11.9 Å². The fourth-order valence-electron chi connectivity index (χ4n) is 4.25. The molecule has 2 heteroatoms. The second kappa shape index (κ2) is 6.72. The highest BCUT2D eigenvalue weighted by molar-refractivity contribution is 5.86. The zero-order chi connectivity index (χ0) is 16.4. The number of hydrogen-bond acceptors (Lipinski definition) is 1. The molecule has 0 radical (unpaired) electrons. The van der Waals surface area contributed by atoms with Crippen molar-refractivity contribution in [2.24, 2.45) is 0 Å². The molecule has 0 spiro atoms.